The molecule has 0 amide bonds. The molecule has 22 heavy (non-hydrogen) atoms. The van der Waals surface area contributed by atoms with Crippen molar-refractivity contribution in [3.05, 3.63) is 59.7 Å². The number of benzene rings is 2. The van der Waals surface area contributed by atoms with Gasteiger partial charge in [-0.3, -0.25) is 0 Å². The van der Waals surface area contributed by atoms with E-state index in [0.717, 1.165) is 17.1 Å². The van der Waals surface area contributed by atoms with E-state index in [1.54, 1.807) is 6.92 Å². The van der Waals surface area contributed by atoms with Crippen molar-refractivity contribution >= 4 is 0 Å². The molecule has 3 atom stereocenters. The quantitative estimate of drug-likeness (QED) is 0.847. The summed E-state index contributed by atoms with van der Waals surface area (Å²) in [7, 11) is 0. The Hall–Kier alpha value is -1.84. The lowest BCUT2D eigenvalue weighted by Gasteiger charge is -2.20. The fourth-order valence-corrected chi connectivity index (χ4v) is 2.58. The second-order valence-electron chi connectivity index (χ2n) is 5.88. The molecule has 2 rings (SSSR count). The summed E-state index contributed by atoms with van der Waals surface area (Å²) in [6.07, 6.45) is -0.865. The first-order valence-corrected chi connectivity index (χ1v) is 7.67. The minimum atomic E-state index is -0.705. The zero-order chi connectivity index (χ0) is 16.1. The van der Waals surface area contributed by atoms with E-state index >= 15 is 0 Å². The highest BCUT2D eigenvalue weighted by atomic mass is 16.5. The number of aliphatic hydroxyl groups is 2. The molecule has 2 aromatic carbocycles. The van der Waals surface area contributed by atoms with Gasteiger partial charge in [0.15, 0.2) is 0 Å². The normalized spacial score (nSPS) is 15.1. The van der Waals surface area contributed by atoms with E-state index in [1.165, 1.54) is 5.56 Å². The third-order valence-electron chi connectivity index (χ3n) is 3.90. The number of aryl methyl sites for hydroxylation is 1. The summed E-state index contributed by atoms with van der Waals surface area (Å²) in [5, 5.41) is 19.2. The maximum atomic E-state index is 9.82. The molecular formula is C19H24O3. The van der Waals surface area contributed by atoms with Gasteiger partial charge in [-0.25, -0.2) is 0 Å². The van der Waals surface area contributed by atoms with Gasteiger partial charge in [-0.15, -0.1) is 0 Å². The number of para-hydroxylation sites is 1. The van der Waals surface area contributed by atoms with Crippen molar-refractivity contribution in [1.82, 2.24) is 0 Å². The summed E-state index contributed by atoms with van der Waals surface area (Å²) in [6.45, 7) is 5.71. The third kappa shape index (κ3) is 4.33. The van der Waals surface area contributed by atoms with Crippen molar-refractivity contribution in [2.45, 2.75) is 45.3 Å². The lowest BCUT2D eigenvalue weighted by Crippen LogP contribution is -2.24. The molecule has 2 N–H and O–H groups in total. The maximum absolute atomic E-state index is 9.82. The zero-order valence-electron chi connectivity index (χ0n) is 13.4. The van der Waals surface area contributed by atoms with E-state index in [4.69, 9.17) is 4.74 Å². The van der Waals surface area contributed by atoms with Gasteiger partial charge in [0.25, 0.3) is 0 Å². The first-order valence-electron chi connectivity index (χ1n) is 7.67. The van der Waals surface area contributed by atoms with E-state index in [-0.39, 0.29) is 5.92 Å². The molecule has 0 bridgehead atoms. The number of hydrogen-bond donors (Lipinski definition) is 2. The Bertz CT molecular complexity index is 593. The molecule has 2 aromatic rings. The molecule has 0 fully saturated rings. The smallest absolute Gasteiger partial charge is 0.127 e. The number of rotatable bonds is 6. The van der Waals surface area contributed by atoms with Crippen molar-refractivity contribution < 1.29 is 14.9 Å². The van der Waals surface area contributed by atoms with Crippen molar-refractivity contribution in [2.75, 3.05) is 0 Å². The first-order chi connectivity index (χ1) is 10.5. The van der Waals surface area contributed by atoms with Crippen LogP contribution in [-0.4, -0.2) is 22.4 Å². The van der Waals surface area contributed by atoms with Gasteiger partial charge >= 0.3 is 0 Å². The van der Waals surface area contributed by atoms with Crippen LogP contribution in [0.3, 0.4) is 0 Å². The second kappa shape index (κ2) is 7.43. The Morgan fingerprint density at radius 2 is 1.64 bits per heavy atom. The van der Waals surface area contributed by atoms with E-state index in [9.17, 15) is 10.2 Å². The fourth-order valence-electron chi connectivity index (χ4n) is 2.58. The van der Waals surface area contributed by atoms with Crippen molar-refractivity contribution in [3.8, 4) is 11.5 Å². The molecule has 0 aromatic heterocycles. The topological polar surface area (TPSA) is 49.7 Å². The molecule has 0 aliphatic heterocycles. The molecule has 0 spiro atoms. The summed E-state index contributed by atoms with van der Waals surface area (Å²) >= 11 is 0. The van der Waals surface area contributed by atoms with Crippen LogP contribution in [0, 0.1) is 6.92 Å². The van der Waals surface area contributed by atoms with Crippen molar-refractivity contribution in [1.29, 1.82) is 0 Å². The first kappa shape index (κ1) is 16.5. The van der Waals surface area contributed by atoms with Gasteiger partial charge in [-0.2, -0.15) is 0 Å². The molecule has 3 unspecified atom stereocenters. The average Bonchev–Trinajstić information content (AvgIpc) is 2.48. The summed E-state index contributed by atoms with van der Waals surface area (Å²) in [5.41, 5.74) is 2.29. The van der Waals surface area contributed by atoms with Crippen LogP contribution in [-0.2, 0) is 0 Å². The van der Waals surface area contributed by atoms with E-state index < -0.39 is 12.2 Å². The Balaban J connectivity index is 2.09. The van der Waals surface area contributed by atoms with E-state index in [0.29, 0.717) is 6.42 Å². The largest absolute Gasteiger partial charge is 0.457 e. The Labute approximate surface area is 132 Å². The number of ether oxygens (including phenoxy) is 1. The molecule has 0 saturated carbocycles. The van der Waals surface area contributed by atoms with Crippen LogP contribution in [0.2, 0.25) is 0 Å². The molecule has 0 saturated heterocycles. The third-order valence-corrected chi connectivity index (χ3v) is 3.90. The molecule has 0 aliphatic carbocycles. The molecule has 3 heteroatoms. The highest BCUT2D eigenvalue weighted by Crippen LogP contribution is 2.29. The van der Waals surface area contributed by atoms with Crippen LogP contribution in [0.5, 0.6) is 11.5 Å². The summed E-state index contributed by atoms with van der Waals surface area (Å²) in [5.74, 6) is 1.79. The second-order valence-corrected chi connectivity index (χ2v) is 5.88. The number of hydrogen-bond acceptors (Lipinski definition) is 3. The lowest BCUT2D eigenvalue weighted by atomic mass is 9.90. The van der Waals surface area contributed by atoms with Crippen LogP contribution in [0.1, 0.15) is 37.3 Å². The van der Waals surface area contributed by atoms with Crippen LogP contribution < -0.4 is 4.74 Å². The monoisotopic (exact) mass is 300 g/mol. The van der Waals surface area contributed by atoms with Gasteiger partial charge in [0, 0.05) is 0 Å². The lowest BCUT2D eigenvalue weighted by molar-refractivity contribution is 0.0227. The van der Waals surface area contributed by atoms with Crippen LogP contribution in [0.4, 0.5) is 0 Å². The van der Waals surface area contributed by atoms with Gasteiger partial charge in [0.2, 0.25) is 0 Å². The van der Waals surface area contributed by atoms with E-state index in [2.05, 4.69) is 6.92 Å². The highest BCUT2D eigenvalue weighted by molar-refractivity contribution is 5.39. The Morgan fingerprint density at radius 3 is 2.23 bits per heavy atom. The molecular weight excluding hydrogens is 276 g/mol. The molecule has 118 valence electrons. The molecule has 0 radical (unpaired) electrons. The van der Waals surface area contributed by atoms with Gasteiger partial charge < -0.3 is 14.9 Å². The predicted molar refractivity (Wildman–Crippen MR) is 88.4 cm³/mol. The zero-order valence-corrected chi connectivity index (χ0v) is 13.4. The van der Waals surface area contributed by atoms with Gasteiger partial charge in [-0.05, 0) is 61.6 Å². The van der Waals surface area contributed by atoms with Crippen LogP contribution in [0.15, 0.2) is 48.5 Å². The minimum absolute atomic E-state index is 0.176. The molecule has 0 aliphatic rings. The number of aliphatic hydroxyl groups excluding tert-OH is 2. The Morgan fingerprint density at radius 1 is 0.955 bits per heavy atom. The summed E-state index contributed by atoms with van der Waals surface area (Å²) in [4.78, 5) is 0. The fraction of sp³-hybridized carbons (Fsp3) is 0.368. The van der Waals surface area contributed by atoms with Crippen LogP contribution in [0.25, 0.3) is 0 Å². The SMILES string of the molecule is Cc1cc(Oc2ccccc2)ccc1C(C)CC(O)C(C)O. The molecule has 3 nitrogen and oxygen atoms in total. The van der Waals surface area contributed by atoms with Gasteiger partial charge in [-0.1, -0.05) is 31.2 Å². The highest BCUT2D eigenvalue weighted by Gasteiger charge is 2.17. The molecule has 0 heterocycles. The van der Waals surface area contributed by atoms with Gasteiger partial charge in [0.1, 0.15) is 11.5 Å². The minimum Gasteiger partial charge on any atom is -0.457 e. The standard InChI is InChI=1S/C19H24O3/c1-13-11-17(22-16-7-5-4-6-8-16)9-10-18(13)14(2)12-19(21)15(3)20/h4-11,14-15,19-21H,12H2,1-3H3. The van der Waals surface area contributed by atoms with Crippen molar-refractivity contribution in [2.24, 2.45) is 0 Å². The van der Waals surface area contributed by atoms with Crippen LogP contribution >= 0.6 is 0 Å². The maximum Gasteiger partial charge on any atom is 0.127 e. The van der Waals surface area contributed by atoms with Gasteiger partial charge in [0.05, 0.1) is 12.2 Å². The Kier molecular flexibility index (Phi) is 5.58. The predicted octanol–water partition coefficient (Wildman–Crippen LogP) is 4.02. The average molecular weight is 300 g/mol. The van der Waals surface area contributed by atoms with Crippen molar-refractivity contribution in [3.63, 3.8) is 0 Å². The van der Waals surface area contributed by atoms with E-state index in [1.807, 2.05) is 55.5 Å². The summed E-state index contributed by atoms with van der Waals surface area (Å²) in [6, 6.07) is 15.7. The summed E-state index contributed by atoms with van der Waals surface area (Å²) < 4.78 is 5.82.